The number of benzene rings is 2. The molecule has 2 aromatic carbocycles. The number of hydrogen-bond donors (Lipinski definition) is 0. The molecule has 24 heavy (non-hydrogen) atoms. The second kappa shape index (κ2) is 7.63. The molecule has 0 aliphatic rings. The highest BCUT2D eigenvalue weighted by molar-refractivity contribution is 6.02. The molecule has 0 aliphatic carbocycles. The Morgan fingerprint density at radius 3 is 2.21 bits per heavy atom. The van der Waals surface area contributed by atoms with Gasteiger partial charge in [0.25, 0.3) is 0 Å². The number of hydrogen-bond acceptors (Lipinski definition) is 2. The van der Waals surface area contributed by atoms with Crippen LogP contribution in [0.5, 0.6) is 0 Å². The third kappa shape index (κ3) is 4.04. The van der Waals surface area contributed by atoms with Crippen LogP contribution in [0.1, 0.15) is 33.3 Å². The number of carbonyl (C=O) groups is 1. The fraction of sp³-hybridized carbons (Fsp3) is 0.381. The van der Waals surface area contributed by atoms with Crippen LogP contribution in [0, 0.1) is 5.92 Å². The lowest BCUT2D eigenvalue weighted by atomic mass is 9.85. The number of carbonyl (C=O) groups excluding carboxylic acids is 1. The summed E-state index contributed by atoms with van der Waals surface area (Å²) in [5.41, 5.74) is 2.90. The topological polar surface area (TPSA) is 29.5 Å². The van der Waals surface area contributed by atoms with Gasteiger partial charge in [-0.3, -0.25) is 9.69 Å². The first-order chi connectivity index (χ1) is 11.4. The summed E-state index contributed by atoms with van der Waals surface area (Å²) in [6, 6.07) is 17.9. The summed E-state index contributed by atoms with van der Waals surface area (Å²) in [4.78, 5) is 15.0. The Morgan fingerprint density at radius 1 is 1.04 bits per heavy atom. The predicted molar refractivity (Wildman–Crippen MR) is 99.8 cm³/mol. The van der Waals surface area contributed by atoms with Gasteiger partial charge in [0, 0.05) is 12.8 Å². The van der Waals surface area contributed by atoms with E-state index in [4.69, 9.17) is 4.74 Å². The van der Waals surface area contributed by atoms with E-state index in [9.17, 15) is 4.79 Å². The lowest BCUT2D eigenvalue weighted by Crippen LogP contribution is -2.34. The van der Waals surface area contributed by atoms with Gasteiger partial charge < -0.3 is 4.74 Å². The average Bonchev–Trinajstić information content (AvgIpc) is 2.56. The zero-order valence-corrected chi connectivity index (χ0v) is 15.2. The Morgan fingerprint density at radius 2 is 1.62 bits per heavy atom. The molecule has 0 aliphatic heterocycles. The van der Waals surface area contributed by atoms with E-state index in [0.717, 1.165) is 16.9 Å². The van der Waals surface area contributed by atoms with Crippen LogP contribution in [0.25, 0.3) is 0 Å². The van der Waals surface area contributed by atoms with E-state index in [1.54, 1.807) is 7.11 Å². The van der Waals surface area contributed by atoms with E-state index in [1.165, 1.54) is 0 Å². The van der Waals surface area contributed by atoms with E-state index in [0.29, 0.717) is 6.61 Å². The first-order valence-electron chi connectivity index (χ1n) is 8.33. The van der Waals surface area contributed by atoms with Crippen LogP contribution in [0.3, 0.4) is 0 Å². The highest BCUT2D eigenvalue weighted by atomic mass is 16.5. The fourth-order valence-electron chi connectivity index (χ4n) is 2.81. The van der Waals surface area contributed by atoms with Crippen molar-refractivity contribution in [3.05, 3.63) is 60.2 Å². The average molecular weight is 325 g/mol. The minimum atomic E-state index is -0.219. The smallest absolute Gasteiger partial charge is 0.236 e. The molecule has 2 aromatic rings. The van der Waals surface area contributed by atoms with Crippen molar-refractivity contribution in [1.29, 1.82) is 0 Å². The Bertz CT molecular complexity index is 674. The van der Waals surface area contributed by atoms with Gasteiger partial charge in [0.2, 0.25) is 5.91 Å². The quantitative estimate of drug-likeness (QED) is 0.780. The molecule has 0 saturated carbocycles. The first-order valence-corrected chi connectivity index (χ1v) is 8.33. The van der Waals surface area contributed by atoms with E-state index in [-0.39, 0.29) is 17.2 Å². The third-order valence-corrected chi connectivity index (χ3v) is 4.03. The summed E-state index contributed by atoms with van der Waals surface area (Å²) in [6.07, 6.45) is 0. The molecule has 0 fully saturated rings. The summed E-state index contributed by atoms with van der Waals surface area (Å²) in [6.45, 7) is 8.80. The number of methoxy groups -OCH3 is 1. The highest BCUT2D eigenvalue weighted by Gasteiger charge is 2.28. The van der Waals surface area contributed by atoms with Crippen molar-refractivity contribution in [2.75, 3.05) is 18.6 Å². The zero-order chi connectivity index (χ0) is 17.7. The maximum absolute atomic E-state index is 13.2. The van der Waals surface area contributed by atoms with Gasteiger partial charge in [-0.15, -0.1) is 0 Å². The van der Waals surface area contributed by atoms with Crippen LogP contribution in [0.2, 0.25) is 0 Å². The first kappa shape index (κ1) is 18.2. The van der Waals surface area contributed by atoms with Gasteiger partial charge in [0.1, 0.15) is 0 Å². The summed E-state index contributed by atoms with van der Waals surface area (Å²) >= 11 is 0. The number of nitrogens with zero attached hydrogens (tertiary/aromatic N) is 1. The number of anilines is 2. The van der Waals surface area contributed by atoms with Crippen molar-refractivity contribution in [3.8, 4) is 0 Å². The molecule has 1 amide bonds. The summed E-state index contributed by atoms with van der Waals surface area (Å²) < 4.78 is 5.20. The Balaban J connectivity index is 2.58. The maximum atomic E-state index is 13.2. The largest absolute Gasteiger partial charge is 0.384 e. The van der Waals surface area contributed by atoms with Gasteiger partial charge in [-0.1, -0.05) is 64.1 Å². The minimum absolute atomic E-state index is 0.0414. The third-order valence-electron chi connectivity index (χ3n) is 4.03. The minimum Gasteiger partial charge on any atom is -0.384 e. The molecule has 2 rings (SSSR count). The molecule has 0 spiro atoms. The van der Waals surface area contributed by atoms with E-state index in [2.05, 4.69) is 26.8 Å². The zero-order valence-electron chi connectivity index (χ0n) is 15.2. The molecule has 0 saturated heterocycles. The van der Waals surface area contributed by atoms with Crippen LogP contribution >= 0.6 is 0 Å². The lowest BCUT2D eigenvalue weighted by molar-refractivity contribution is -0.122. The maximum Gasteiger partial charge on any atom is 0.236 e. The standard InChI is InChI=1S/C21H27NO2/c1-16(15-24-5)20(23)22(17-11-7-6-8-12-17)19-14-10-9-13-18(19)21(2,3)4/h6-14,16H,15H2,1-5H3/t16-/m1/s1. The number of para-hydroxylation sites is 2. The molecule has 0 heterocycles. The van der Waals surface area contributed by atoms with Gasteiger partial charge in [-0.2, -0.15) is 0 Å². The van der Waals surface area contributed by atoms with Gasteiger partial charge in [-0.05, 0) is 29.2 Å². The van der Waals surface area contributed by atoms with Crippen molar-refractivity contribution in [1.82, 2.24) is 0 Å². The normalized spacial score (nSPS) is 12.7. The lowest BCUT2D eigenvalue weighted by Gasteiger charge is -2.31. The number of amides is 1. The summed E-state index contributed by atoms with van der Waals surface area (Å²) in [7, 11) is 1.62. The van der Waals surface area contributed by atoms with Crippen molar-refractivity contribution < 1.29 is 9.53 Å². The number of rotatable bonds is 5. The van der Waals surface area contributed by atoms with Crippen LogP contribution < -0.4 is 4.90 Å². The molecule has 0 unspecified atom stereocenters. The molecule has 1 atom stereocenters. The van der Waals surface area contributed by atoms with Crippen molar-refractivity contribution >= 4 is 17.3 Å². The van der Waals surface area contributed by atoms with Crippen LogP contribution in [0.4, 0.5) is 11.4 Å². The van der Waals surface area contributed by atoms with Crippen molar-refractivity contribution in [2.24, 2.45) is 5.92 Å². The van der Waals surface area contributed by atoms with Gasteiger partial charge in [0.15, 0.2) is 0 Å². The van der Waals surface area contributed by atoms with Gasteiger partial charge in [-0.25, -0.2) is 0 Å². The predicted octanol–water partition coefficient (Wildman–Crippen LogP) is 4.93. The second-order valence-electron chi connectivity index (χ2n) is 7.13. The molecule has 0 aromatic heterocycles. The second-order valence-corrected chi connectivity index (χ2v) is 7.13. The highest BCUT2D eigenvalue weighted by Crippen LogP contribution is 2.36. The molecule has 3 nitrogen and oxygen atoms in total. The van der Waals surface area contributed by atoms with Crippen LogP contribution in [-0.4, -0.2) is 19.6 Å². The SMILES string of the molecule is COC[C@@H](C)C(=O)N(c1ccccc1)c1ccccc1C(C)(C)C. The Kier molecular flexibility index (Phi) is 5.79. The molecule has 0 N–H and O–H groups in total. The molecule has 0 bridgehead atoms. The Hall–Kier alpha value is -2.13. The molecular weight excluding hydrogens is 298 g/mol. The summed E-state index contributed by atoms with van der Waals surface area (Å²) in [5.74, 6) is -0.178. The summed E-state index contributed by atoms with van der Waals surface area (Å²) in [5, 5.41) is 0. The van der Waals surface area contributed by atoms with Gasteiger partial charge in [0.05, 0.1) is 18.2 Å². The van der Waals surface area contributed by atoms with Crippen molar-refractivity contribution in [2.45, 2.75) is 33.1 Å². The Labute approximate surface area is 145 Å². The van der Waals surface area contributed by atoms with Crippen LogP contribution in [0.15, 0.2) is 54.6 Å². The molecule has 3 heteroatoms. The van der Waals surface area contributed by atoms with E-state index in [1.807, 2.05) is 60.4 Å². The van der Waals surface area contributed by atoms with Crippen LogP contribution in [-0.2, 0) is 14.9 Å². The van der Waals surface area contributed by atoms with E-state index >= 15 is 0 Å². The molecule has 128 valence electrons. The monoisotopic (exact) mass is 325 g/mol. The molecular formula is C21H27NO2. The van der Waals surface area contributed by atoms with Gasteiger partial charge >= 0.3 is 0 Å². The number of ether oxygens (including phenoxy) is 1. The van der Waals surface area contributed by atoms with Crippen molar-refractivity contribution in [3.63, 3.8) is 0 Å². The fourth-order valence-corrected chi connectivity index (χ4v) is 2.81. The molecule has 0 radical (unpaired) electrons. The van der Waals surface area contributed by atoms with E-state index < -0.39 is 0 Å².